The van der Waals surface area contributed by atoms with Crippen molar-refractivity contribution < 1.29 is 31.9 Å². The molecule has 0 unspecified atom stereocenters. The Hall–Kier alpha value is -3.75. The summed E-state index contributed by atoms with van der Waals surface area (Å²) < 4.78 is 60.1. The molecule has 1 aromatic heterocycles. The van der Waals surface area contributed by atoms with Gasteiger partial charge in [-0.05, 0) is 54.2 Å². The summed E-state index contributed by atoms with van der Waals surface area (Å²) in [5.74, 6) is -3.87. The highest BCUT2D eigenvalue weighted by atomic mass is 19.4. The molecular formula is C27H24F4N2O3. The van der Waals surface area contributed by atoms with Crippen LogP contribution >= 0.6 is 0 Å². The molecule has 1 aliphatic carbocycles. The van der Waals surface area contributed by atoms with E-state index in [0.717, 1.165) is 55.0 Å². The smallest absolute Gasteiger partial charge is 0.457 e. The molecule has 1 saturated carbocycles. The molecule has 0 atom stereocenters. The van der Waals surface area contributed by atoms with Gasteiger partial charge in [0.15, 0.2) is 0 Å². The molecule has 188 valence electrons. The summed E-state index contributed by atoms with van der Waals surface area (Å²) in [5.41, 5.74) is 1.09. The SMILES string of the molecule is O=C(OCc1ccccc1)c1ccc(N(Cc2ccc(C3CCCC3)cn2)C(=O)C(F)(F)F)c(F)c1. The lowest BCUT2D eigenvalue weighted by molar-refractivity contribution is -0.170. The van der Waals surface area contributed by atoms with Crippen LogP contribution < -0.4 is 4.90 Å². The van der Waals surface area contributed by atoms with Crippen molar-refractivity contribution in [2.75, 3.05) is 4.90 Å². The molecule has 0 spiro atoms. The van der Waals surface area contributed by atoms with E-state index in [4.69, 9.17) is 4.74 Å². The van der Waals surface area contributed by atoms with Gasteiger partial charge in [0.05, 0.1) is 23.5 Å². The summed E-state index contributed by atoms with van der Waals surface area (Å²) in [6, 6.07) is 15.0. The van der Waals surface area contributed by atoms with Gasteiger partial charge in [0.25, 0.3) is 0 Å². The van der Waals surface area contributed by atoms with Crippen molar-refractivity contribution in [1.29, 1.82) is 0 Å². The summed E-state index contributed by atoms with van der Waals surface area (Å²) >= 11 is 0. The zero-order valence-electron chi connectivity index (χ0n) is 19.3. The van der Waals surface area contributed by atoms with E-state index in [-0.39, 0.29) is 22.8 Å². The number of amides is 1. The van der Waals surface area contributed by atoms with E-state index in [1.165, 1.54) is 0 Å². The molecule has 5 nitrogen and oxygen atoms in total. The topological polar surface area (TPSA) is 59.5 Å². The number of hydrogen-bond acceptors (Lipinski definition) is 4. The first kappa shape index (κ1) is 25.3. The third kappa shape index (κ3) is 6.08. The van der Waals surface area contributed by atoms with Crippen molar-refractivity contribution in [2.45, 2.75) is 50.9 Å². The molecule has 0 radical (unpaired) electrons. The van der Waals surface area contributed by atoms with E-state index in [1.54, 1.807) is 48.7 Å². The number of pyridine rings is 1. The Balaban J connectivity index is 1.53. The molecular weight excluding hydrogens is 476 g/mol. The number of carbonyl (C=O) groups excluding carboxylic acids is 2. The van der Waals surface area contributed by atoms with Crippen molar-refractivity contribution in [3.05, 3.63) is 95.1 Å². The van der Waals surface area contributed by atoms with Crippen LogP contribution in [0.4, 0.5) is 23.2 Å². The standard InChI is InChI=1S/C27H24F4N2O3/c28-23-14-20(25(34)36-17-18-6-2-1-3-7-18)11-13-24(23)33(26(35)27(29,30)31)16-22-12-10-21(15-32-22)19-8-4-5-9-19/h1-3,6-7,10-15,19H,4-5,8-9,16-17H2. The lowest BCUT2D eigenvalue weighted by Crippen LogP contribution is -2.41. The minimum Gasteiger partial charge on any atom is -0.457 e. The number of nitrogens with zero attached hydrogens (tertiary/aromatic N) is 2. The van der Waals surface area contributed by atoms with Crippen LogP contribution in [0.5, 0.6) is 0 Å². The first-order valence-electron chi connectivity index (χ1n) is 11.6. The van der Waals surface area contributed by atoms with E-state index >= 15 is 0 Å². The molecule has 9 heteroatoms. The van der Waals surface area contributed by atoms with Crippen LogP contribution in [0.2, 0.25) is 0 Å². The summed E-state index contributed by atoms with van der Waals surface area (Å²) in [4.78, 5) is 29.0. The largest absolute Gasteiger partial charge is 0.471 e. The number of ether oxygens (including phenoxy) is 1. The highest BCUT2D eigenvalue weighted by Crippen LogP contribution is 2.34. The van der Waals surface area contributed by atoms with E-state index in [0.29, 0.717) is 5.92 Å². The molecule has 4 rings (SSSR count). The summed E-state index contributed by atoms with van der Waals surface area (Å²) in [6.45, 7) is -0.637. The Morgan fingerprint density at radius 2 is 1.72 bits per heavy atom. The number of hydrogen-bond donors (Lipinski definition) is 0. The zero-order chi connectivity index (χ0) is 25.7. The van der Waals surface area contributed by atoms with Crippen LogP contribution in [-0.2, 0) is 22.7 Å². The first-order chi connectivity index (χ1) is 17.2. The highest BCUT2D eigenvalue weighted by molar-refractivity contribution is 5.98. The Labute approximate surface area is 205 Å². The second-order valence-electron chi connectivity index (χ2n) is 8.68. The van der Waals surface area contributed by atoms with Crippen LogP contribution in [0.1, 0.15) is 58.8 Å². The number of esters is 1. The molecule has 36 heavy (non-hydrogen) atoms. The van der Waals surface area contributed by atoms with Crippen molar-refractivity contribution in [3.8, 4) is 0 Å². The second kappa shape index (κ2) is 10.9. The minimum atomic E-state index is -5.23. The Kier molecular flexibility index (Phi) is 7.67. The number of aromatic nitrogens is 1. The van der Waals surface area contributed by atoms with Gasteiger partial charge in [-0.25, -0.2) is 9.18 Å². The first-order valence-corrected chi connectivity index (χ1v) is 11.6. The van der Waals surface area contributed by atoms with Crippen molar-refractivity contribution in [1.82, 2.24) is 4.98 Å². The molecule has 3 aromatic rings. The maximum Gasteiger partial charge on any atom is 0.471 e. The number of halogens is 4. The van der Waals surface area contributed by atoms with Crippen LogP contribution in [-0.4, -0.2) is 23.0 Å². The normalized spacial score (nSPS) is 14.0. The molecule has 1 fully saturated rings. The number of benzene rings is 2. The molecule has 1 aliphatic rings. The lowest BCUT2D eigenvalue weighted by Gasteiger charge is -2.24. The number of carbonyl (C=O) groups is 2. The third-order valence-electron chi connectivity index (χ3n) is 6.17. The van der Waals surface area contributed by atoms with Crippen LogP contribution in [0.25, 0.3) is 0 Å². The van der Waals surface area contributed by atoms with Gasteiger partial charge in [0, 0.05) is 6.20 Å². The molecule has 0 N–H and O–H groups in total. The highest BCUT2D eigenvalue weighted by Gasteiger charge is 2.44. The van der Waals surface area contributed by atoms with Gasteiger partial charge in [-0.1, -0.05) is 49.2 Å². The molecule has 0 saturated heterocycles. The molecule has 1 amide bonds. The number of rotatable bonds is 7. The average molecular weight is 500 g/mol. The van der Waals surface area contributed by atoms with Crippen molar-refractivity contribution in [2.24, 2.45) is 0 Å². The van der Waals surface area contributed by atoms with Gasteiger partial charge < -0.3 is 4.74 Å². The maximum absolute atomic E-state index is 15.0. The van der Waals surface area contributed by atoms with Gasteiger partial charge in [-0.2, -0.15) is 13.2 Å². The predicted octanol–water partition coefficient (Wildman–Crippen LogP) is 6.33. The van der Waals surface area contributed by atoms with E-state index in [9.17, 15) is 27.2 Å². The number of anilines is 1. The molecule has 0 aliphatic heterocycles. The van der Waals surface area contributed by atoms with Gasteiger partial charge >= 0.3 is 18.1 Å². The van der Waals surface area contributed by atoms with Crippen LogP contribution in [0.15, 0.2) is 66.9 Å². The lowest BCUT2D eigenvalue weighted by atomic mass is 9.99. The van der Waals surface area contributed by atoms with Gasteiger partial charge in [-0.15, -0.1) is 0 Å². The Morgan fingerprint density at radius 3 is 2.33 bits per heavy atom. The van der Waals surface area contributed by atoms with Crippen molar-refractivity contribution in [3.63, 3.8) is 0 Å². The maximum atomic E-state index is 15.0. The fourth-order valence-corrected chi connectivity index (χ4v) is 4.27. The monoisotopic (exact) mass is 500 g/mol. The predicted molar refractivity (Wildman–Crippen MR) is 125 cm³/mol. The summed E-state index contributed by atoms with van der Waals surface area (Å²) in [5, 5.41) is 0. The second-order valence-corrected chi connectivity index (χ2v) is 8.68. The van der Waals surface area contributed by atoms with Crippen LogP contribution in [0.3, 0.4) is 0 Å². The van der Waals surface area contributed by atoms with Gasteiger partial charge in [0.1, 0.15) is 12.4 Å². The van der Waals surface area contributed by atoms with E-state index < -0.39 is 36.1 Å². The third-order valence-corrected chi connectivity index (χ3v) is 6.17. The van der Waals surface area contributed by atoms with Crippen molar-refractivity contribution >= 4 is 17.6 Å². The van der Waals surface area contributed by atoms with Gasteiger partial charge in [0.2, 0.25) is 0 Å². The fourth-order valence-electron chi connectivity index (χ4n) is 4.27. The van der Waals surface area contributed by atoms with E-state index in [1.807, 2.05) is 0 Å². The molecule has 2 aromatic carbocycles. The molecule has 0 bridgehead atoms. The quantitative estimate of drug-likeness (QED) is 0.281. The summed E-state index contributed by atoms with van der Waals surface area (Å²) in [7, 11) is 0. The Bertz CT molecular complexity index is 1210. The van der Waals surface area contributed by atoms with Gasteiger partial charge in [-0.3, -0.25) is 14.7 Å². The zero-order valence-corrected chi connectivity index (χ0v) is 19.3. The average Bonchev–Trinajstić information content (AvgIpc) is 3.41. The molecule has 1 heterocycles. The summed E-state index contributed by atoms with van der Waals surface area (Å²) in [6.07, 6.45) is 0.675. The number of alkyl halides is 3. The van der Waals surface area contributed by atoms with Crippen LogP contribution in [0, 0.1) is 5.82 Å². The fraction of sp³-hybridized carbons (Fsp3) is 0.296. The Morgan fingerprint density at radius 1 is 1.00 bits per heavy atom. The minimum absolute atomic E-state index is 0.0513. The van der Waals surface area contributed by atoms with E-state index in [2.05, 4.69) is 4.98 Å².